The fourth-order valence-corrected chi connectivity index (χ4v) is 4.85. The summed E-state index contributed by atoms with van der Waals surface area (Å²) in [5.74, 6) is -1.09. The van der Waals surface area contributed by atoms with Crippen molar-refractivity contribution in [3.63, 3.8) is 0 Å². The van der Waals surface area contributed by atoms with Crippen LogP contribution in [0.15, 0.2) is 42.6 Å². The Morgan fingerprint density at radius 1 is 1.38 bits per heavy atom. The van der Waals surface area contributed by atoms with Gasteiger partial charge in [-0.05, 0) is 37.3 Å². The molecule has 1 atom stereocenters. The van der Waals surface area contributed by atoms with Gasteiger partial charge in [0.1, 0.15) is 0 Å². The van der Waals surface area contributed by atoms with Gasteiger partial charge in [-0.2, -0.15) is 12.7 Å². The quantitative estimate of drug-likeness (QED) is 0.685. The number of aromatic nitrogens is 1. The predicted molar refractivity (Wildman–Crippen MR) is 114 cm³/mol. The van der Waals surface area contributed by atoms with Crippen LogP contribution in [-0.2, 0) is 16.8 Å². The number of benzene rings is 1. The van der Waals surface area contributed by atoms with Gasteiger partial charge in [0, 0.05) is 36.9 Å². The standard InChI is InChI=1S/C18H21ClN4O4S.ClH/c1-13-11-22(8-7-20-13)28(26,27)23(17-4-2-3-15(19)9-17)12-16-6-5-14(10-21-16)18(24)25;/h2-6,9-10,13,20H,7-8,11-12H2,1H3,(H,24,25);1H/t13-;/m1./s1. The first kappa shape index (κ1) is 23.4. The number of halogens is 2. The number of anilines is 1. The lowest BCUT2D eigenvalue weighted by Gasteiger charge is -2.35. The minimum absolute atomic E-state index is 0. The maximum atomic E-state index is 13.4. The maximum Gasteiger partial charge on any atom is 0.337 e. The van der Waals surface area contributed by atoms with Crippen molar-refractivity contribution in [2.24, 2.45) is 0 Å². The Bertz CT molecular complexity index is 957. The van der Waals surface area contributed by atoms with E-state index in [1.165, 1.54) is 26.9 Å². The summed E-state index contributed by atoms with van der Waals surface area (Å²) >= 11 is 6.08. The molecule has 3 rings (SSSR count). The van der Waals surface area contributed by atoms with Gasteiger partial charge in [0.25, 0.3) is 0 Å². The lowest BCUT2D eigenvalue weighted by Crippen LogP contribution is -2.55. The third-order valence-corrected chi connectivity index (χ3v) is 6.53. The predicted octanol–water partition coefficient (Wildman–Crippen LogP) is 2.40. The van der Waals surface area contributed by atoms with E-state index in [9.17, 15) is 13.2 Å². The summed E-state index contributed by atoms with van der Waals surface area (Å²) in [4.78, 5) is 15.1. The summed E-state index contributed by atoms with van der Waals surface area (Å²) in [6, 6.07) is 9.55. The third kappa shape index (κ3) is 5.58. The van der Waals surface area contributed by atoms with Crippen LogP contribution in [0, 0.1) is 0 Å². The Balaban J connectivity index is 0.00000300. The summed E-state index contributed by atoms with van der Waals surface area (Å²) in [7, 11) is -3.84. The number of carboxylic acid groups (broad SMARTS) is 1. The fraction of sp³-hybridized carbons (Fsp3) is 0.333. The zero-order valence-electron chi connectivity index (χ0n) is 15.7. The Morgan fingerprint density at radius 2 is 2.14 bits per heavy atom. The number of aromatic carboxylic acids is 1. The van der Waals surface area contributed by atoms with E-state index in [4.69, 9.17) is 16.7 Å². The van der Waals surface area contributed by atoms with Crippen molar-refractivity contribution < 1.29 is 18.3 Å². The van der Waals surface area contributed by atoms with E-state index in [-0.39, 0.29) is 30.6 Å². The number of piperazine rings is 1. The highest BCUT2D eigenvalue weighted by atomic mass is 35.5. The minimum atomic E-state index is -3.84. The molecule has 11 heteroatoms. The zero-order chi connectivity index (χ0) is 20.3. The first-order valence-corrected chi connectivity index (χ1v) is 10.5. The van der Waals surface area contributed by atoms with E-state index < -0.39 is 16.2 Å². The highest BCUT2D eigenvalue weighted by Gasteiger charge is 2.33. The van der Waals surface area contributed by atoms with E-state index in [0.29, 0.717) is 36.0 Å². The Hall–Kier alpha value is -1.91. The highest BCUT2D eigenvalue weighted by molar-refractivity contribution is 7.90. The SMILES string of the molecule is C[C@@H]1CN(S(=O)(=O)N(Cc2ccc(C(=O)O)cn2)c2cccc(Cl)c2)CCN1.Cl. The third-order valence-electron chi connectivity index (χ3n) is 4.41. The molecule has 0 bridgehead atoms. The van der Waals surface area contributed by atoms with Gasteiger partial charge in [0.15, 0.2) is 0 Å². The maximum absolute atomic E-state index is 13.4. The molecule has 2 N–H and O–H groups in total. The molecule has 158 valence electrons. The summed E-state index contributed by atoms with van der Waals surface area (Å²) < 4.78 is 29.4. The van der Waals surface area contributed by atoms with Crippen molar-refractivity contribution in [2.45, 2.75) is 19.5 Å². The van der Waals surface area contributed by atoms with Gasteiger partial charge in [-0.15, -0.1) is 12.4 Å². The molecular weight excluding hydrogens is 439 g/mol. The van der Waals surface area contributed by atoms with Crippen molar-refractivity contribution >= 4 is 45.9 Å². The molecule has 1 aromatic heterocycles. The summed E-state index contributed by atoms with van der Waals surface area (Å²) in [5.41, 5.74) is 0.886. The number of rotatable bonds is 6. The van der Waals surface area contributed by atoms with E-state index >= 15 is 0 Å². The molecule has 0 saturated carbocycles. The second kappa shape index (κ2) is 9.73. The van der Waals surface area contributed by atoms with Gasteiger partial charge in [-0.25, -0.2) is 4.79 Å². The van der Waals surface area contributed by atoms with E-state index in [1.54, 1.807) is 24.3 Å². The van der Waals surface area contributed by atoms with Gasteiger partial charge < -0.3 is 10.4 Å². The molecule has 1 aromatic carbocycles. The van der Waals surface area contributed by atoms with Gasteiger partial charge in [0.05, 0.1) is 23.5 Å². The highest BCUT2D eigenvalue weighted by Crippen LogP contribution is 2.26. The van der Waals surface area contributed by atoms with E-state index in [1.807, 2.05) is 6.92 Å². The first-order chi connectivity index (χ1) is 13.3. The van der Waals surface area contributed by atoms with Crippen LogP contribution >= 0.6 is 24.0 Å². The van der Waals surface area contributed by atoms with Gasteiger partial charge in [-0.1, -0.05) is 17.7 Å². The lowest BCUT2D eigenvalue weighted by atomic mass is 10.2. The number of nitrogens with one attached hydrogen (secondary N) is 1. The monoisotopic (exact) mass is 460 g/mol. The molecule has 1 saturated heterocycles. The van der Waals surface area contributed by atoms with Crippen molar-refractivity contribution in [3.8, 4) is 0 Å². The topological polar surface area (TPSA) is 103 Å². The van der Waals surface area contributed by atoms with E-state index in [0.717, 1.165) is 0 Å². The lowest BCUT2D eigenvalue weighted by molar-refractivity contribution is 0.0696. The van der Waals surface area contributed by atoms with Crippen molar-refractivity contribution in [1.82, 2.24) is 14.6 Å². The van der Waals surface area contributed by atoms with Crippen molar-refractivity contribution in [2.75, 3.05) is 23.9 Å². The number of hydrogen-bond donors (Lipinski definition) is 2. The van der Waals surface area contributed by atoms with E-state index in [2.05, 4.69) is 10.3 Å². The van der Waals surface area contributed by atoms with Crippen molar-refractivity contribution in [1.29, 1.82) is 0 Å². The smallest absolute Gasteiger partial charge is 0.337 e. The molecule has 0 aliphatic carbocycles. The summed E-state index contributed by atoms with van der Waals surface area (Å²) in [5, 5.41) is 12.7. The molecule has 1 fully saturated rings. The molecule has 1 aliphatic heterocycles. The van der Waals surface area contributed by atoms with Crippen molar-refractivity contribution in [3.05, 3.63) is 58.9 Å². The minimum Gasteiger partial charge on any atom is -0.478 e. The van der Waals surface area contributed by atoms with Crippen LogP contribution in [0.5, 0.6) is 0 Å². The number of carboxylic acids is 1. The van der Waals surface area contributed by atoms with Crippen LogP contribution < -0.4 is 9.62 Å². The number of carbonyl (C=O) groups is 1. The van der Waals surface area contributed by atoms with Gasteiger partial charge in [0.2, 0.25) is 0 Å². The molecule has 2 heterocycles. The van der Waals surface area contributed by atoms with Crippen LogP contribution in [-0.4, -0.2) is 54.5 Å². The normalized spacial score (nSPS) is 17.4. The number of hydrogen-bond acceptors (Lipinski definition) is 5. The molecule has 29 heavy (non-hydrogen) atoms. The average Bonchev–Trinajstić information content (AvgIpc) is 2.66. The Labute approximate surface area is 181 Å². The average molecular weight is 461 g/mol. The molecule has 0 unspecified atom stereocenters. The number of nitrogens with zero attached hydrogens (tertiary/aromatic N) is 3. The van der Waals surface area contributed by atoms with Gasteiger partial charge in [-0.3, -0.25) is 9.29 Å². The number of pyridine rings is 1. The molecule has 0 spiro atoms. The largest absolute Gasteiger partial charge is 0.478 e. The molecule has 2 aromatic rings. The molecule has 1 aliphatic rings. The van der Waals surface area contributed by atoms with Crippen LogP contribution in [0.2, 0.25) is 5.02 Å². The first-order valence-electron chi connectivity index (χ1n) is 8.72. The van der Waals surface area contributed by atoms with Crippen LogP contribution in [0.4, 0.5) is 5.69 Å². The summed E-state index contributed by atoms with van der Waals surface area (Å²) in [6.07, 6.45) is 1.22. The molecule has 0 amide bonds. The second-order valence-electron chi connectivity index (χ2n) is 6.55. The van der Waals surface area contributed by atoms with Crippen LogP contribution in [0.25, 0.3) is 0 Å². The van der Waals surface area contributed by atoms with Crippen LogP contribution in [0.3, 0.4) is 0 Å². The second-order valence-corrected chi connectivity index (χ2v) is 8.84. The zero-order valence-corrected chi connectivity index (χ0v) is 18.0. The summed E-state index contributed by atoms with van der Waals surface area (Å²) in [6.45, 7) is 3.16. The Kier molecular flexibility index (Phi) is 7.84. The fourth-order valence-electron chi connectivity index (χ4n) is 2.97. The van der Waals surface area contributed by atoms with Gasteiger partial charge >= 0.3 is 16.2 Å². The van der Waals surface area contributed by atoms with Crippen LogP contribution in [0.1, 0.15) is 23.0 Å². The molecule has 0 radical (unpaired) electrons. The molecular formula is C18H22Cl2N4O4S. The molecule has 8 nitrogen and oxygen atoms in total. The Morgan fingerprint density at radius 3 is 2.72 bits per heavy atom.